The minimum absolute atomic E-state index is 0.00384. The van der Waals surface area contributed by atoms with Crippen LogP contribution in [0.4, 0.5) is 8.78 Å². The summed E-state index contributed by atoms with van der Waals surface area (Å²) in [5.74, 6) is -3.55. The fraction of sp³-hybridized carbons (Fsp3) is 0.355. The van der Waals surface area contributed by atoms with Gasteiger partial charge in [0.25, 0.3) is 11.8 Å². The number of amides is 2. The van der Waals surface area contributed by atoms with Gasteiger partial charge in [-0.2, -0.15) is 5.10 Å². The molecule has 44 heavy (non-hydrogen) atoms. The van der Waals surface area contributed by atoms with Gasteiger partial charge in [-0.3, -0.25) is 9.59 Å². The molecule has 2 saturated carbocycles. The molecule has 2 heterocycles. The van der Waals surface area contributed by atoms with Crippen molar-refractivity contribution >= 4 is 38.6 Å². The van der Waals surface area contributed by atoms with Crippen LogP contribution in [0.3, 0.4) is 0 Å². The van der Waals surface area contributed by atoms with E-state index in [4.69, 9.17) is 15.2 Å². The van der Waals surface area contributed by atoms with Crippen molar-refractivity contribution in [2.45, 2.75) is 44.0 Å². The molecule has 0 spiro atoms. The van der Waals surface area contributed by atoms with Crippen molar-refractivity contribution in [3.8, 4) is 22.8 Å². The number of nitrogens with one attached hydrogen (secondary N) is 1. The van der Waals surface area contributed by atoms with Crippen LogP contribution in [0.15, 0.2) is 47.1 Å². The monoisotopic (exact) mass is 669 g/mol. The highest BCUT2D eigenvalue weighted by Crippen LogP contribution is 2.47. The maximum atomic E-state index is 15.3. The Morgan fingerprint density at radius 1 is 1.27 bits per heavy atom. The molecular weight excluding hydrogens is 640 g/mol. The third-order valence-corrected chi connectivity index (χ3v) is 8.69. The molecule has 0 radical (unpaired) electrons. The van der Waals surface area contributed by atoms with Crippen LogP contribution in [0.2, 0.25) is 0 Å². The van der Waals surface area contributed by atoms with Gasteiger partial charge < -0.3 is 25.6 Å². The van der Waals surface area contributed by atoms with E-state index in [0.29, 0.717) is 42.3 Å². The van der Waals surface area contributed by atoms with E-state index in [0.717, 1.165) is 0 Å². The number of hydrogen-bond donors (Lipinski definition) is 3. The molecule has 6 rings (SSSR count). The Hall–Kier alpha value is -4.10. The molecule has 4 N–H and O–H groups in total. The molecule has 0 aliphatic heterocycles. The van der Waals surface area contributed by atoms with E-state index >= 15 is 4.39 Å². The number of alkyl halides is 1. The second kappa shape index (κ2) is 11.1. The summed E-state index contributed by atoms with van der Waals surface area (Å²) < 4.78 is 42.6. The molecular formula is C31H30BrF2N5O5. The first kappa shape index (κ1) is 29.9. The highest BCUT2D eigenvalue weighted by molar-refractivity contribution is 9.10. The highest BCUT2D eigenvalue weighted by atomic mass is 79.9. The lowest BCUT2D eigenvalue weighted by molar-refractivity contribution is 0.00946. The van der Waals surface area contributed by atoms with Crippen LogP contribution in [-0.2, 0) is 11.4 Å². The minimum atomic E-state index is -1.73. The first-order valence-corrected chi connectivity index (χ1v) is 15.0. The van der Waals surface area contributed by atoms with Gasteiger partial charge in [0.15, 0.2) is 5.75 Å². The molecule has 2 aromatic heterocycles. The van der Waals surface area contributed by atoms with Crippen molar-refractivity contribution < 1.29 is 33.0 Å². The number of methoxy groups -OCH3 is 1. The number of fused-ring (bicyclic) bond motifs is 1. The molecule has 2 fully saturated rings. The number of ether oxygens (including phenoxy) is 2. The lowest BCUT2D eigenvalue weighted by atomic mass is 9.90. The molecule has 13 heteroatoms. The Morgan fingerprint density at radius 3 is 2.66 bits per heavy atom. The number of aliphatic hydroxyl groups is 1. The van der Waals surface area contributed by atoms with Crippen molar-refractivity contribution in [3.05, 3.63) is 69.7 Å². The molecule has 10 nitrogen and oxygen atoms in total. The Kier molecular flexibility index (Phi) is 7.57. The Balaban J connectivity index is 1.37. The highest BCUT2D eigenvalue weighted by Gasteiger charge is 2.48. The lowest BCUT2D eigenvalue weighted by Gasteiger charge is -2.29. The Bertz CT molecular complexity index is 1810. The summed E-state index contributed by atoms with van der Waals surface area (Å²) >= 11 is 3.18. The summed E-state index contributed by atoms with van der Waals surface area (Å²) in [6.45, 7) is 1.57. The van der Waals surface area contributed by atoms with E-state index in [2.05, 4.69) is 31.3 Å². The number of nitrogens with zero attached hydrogens (tertiary/aromatic N) is 3. The van der Waals surface area contributed by atoms with Gasteiger partial charge in [0.2, 0.25) is 5.79 Å². The zero-order valence-corrected chi connectivity index (χ0v) is 25.6. The van der Waals surface area contributed by atoms with Gasteiger partial charge in [0, 0.05) is 35.6 Å². The fourth-order valence-corrected chi connectivity index (χ4v) is 5.71. The maximum Gasteiger partial charge on any atom is 0.252 e. The number of nitrogens with two attached hydrogens (primary N) is 1. The van der Waals surface area contributed by atoms with Gasteiger partial charge in [0.1, 0.15) is 28.4 Å². The second-order valence-corrected chi connectivity index (χ2v) is 12.0. The number of carbonyl (C=O) groups is 2. The molecule has 2 aliphatic carbocycles. The van der Waals surface area contributed by atoms with Gasteiger partial charge in [-0.05, 0) is 71.9 Å². The van der Waals surface area contributed by atoms with Crippen molar-refractivity contribution in [1.29, 1.82) is 0 Å². The van der Waals surface area contributed by atoms with Crippen LogP contribution in [0, 0.1) is 11.7 Å². The molecule has 2 amide bonds. The van der Waals surface area contributed by atoms with Gasteiger partial charge in [0.05, 0.1) is 36.0 Å². The van der Waals surface area contributed by atoms with E-state index in [9.17, 15) is 19.1 Å². The molecule has 2 aromatic carbocycles. The fourth-order valence-electron chi connectivity index (χ4n) is 5.35. The molecule has 2 aliphatic rings. The van der Waals surface area contributed by atoms with E-state index < -0.39 is 29.0 Å². The van der Waals surface area contributed by atoms with Crippen LogP contribution in [0.1, 0.15) is 59.0 Å². The standard InChI is InChI=1S/C31H30BrF2N5O5/c1-3-44-27-20(28(35)40)13-23(37-26(27)19-5-4-6-21(32)24(19)33)31(42,18-7-8-18)15-36-29(41)16-11-17-14-39(30(34)9-10-30)38-25(17)22(12-16)43-2/h4-6,11-14,18,42H,3,7-10,15H2,1-2H3,(H2,35,40)(H,36,41)/t31-/m1/s1. The Labute approximate surface area is 259 Å². The zero-order chi connectivity index (χ0) is 31.4. The van der Waals surface area contributed by atoms with Crippen LogP contribution >= 0.6 is 15.9 Å². The molecule has 1 atom stereocenters. The summed E-state index contributed by atoms with van der Waals surface area (Å²) in [5.41, 5.74) is 4.63. The van der Waals surface area contributed by atoms with Crippen LogP contribution in [0.25, 0.3) is 22.2 Å². The van der Waals surface area contributed by atoms with E-state index in [1.807, 2.05) is 0 Å². The van der Waals surface area contributed by atoms with Gasteiger partial charge in [-0.15, -0.1) is 0 Å². The van der Waals surface area contributed by atoms with E-state index in [-0.39, 0.29) is 57.4 Å². The first-order valence-electron chi connectivity index (χ1n) is 14.2. The van der Waals surface area contributed by atoms with E-state index in [1.54, 1.807) is 25.3 Å². The first-order chi connectivity index (χ1) is 21.0. The van der Waals surface area contributed by atoms with Crippen molar-refractivity contribution in [1.82, 2.24) is 20.1 Å². The average molecular weight is 671 g/mol. The van der Waals surface area contributed by atoms with E-state index in [1.165, 1.54) is 36.1 Å². The second-order valence-electron chi connectivity index (χ2n) is 11.1. The third kappa shape index (κ3) is 5.28. The summed E-state index contributed by atoms with van der Waals surface area (Å²) in [6.07, 6.45) is 3.54. The maximum absolute atomic E-state index is 15.3. The number of aromatic nitrogens is 3. The Morgan fingerprint density at radius 2 is 2.02 bits per heavy atom. The summed E-state index contributed by atoms with van der Waals surface area (Å²) in [4.78, 5) is 30.7. The zero-order valence-electron chi connectivity index (χ0n) is 24.0. The quantitative estimate of drug-likeness (QED) is 0.205. The van der Waals surface area contributed by atoms with Gasteiger partial charge in [-0.25, -0.2) is 18.4 Å². The summed E-state index contributed by atoms with van der Waals surface area (Å²) in [7, 11) is 1.43. The number of rotatable bonds is 11. The normalized spacial score (nSPS) is 16.8. The lowest BCUT2D eigenvalue weighted by Crippen LogP contribution is -2.43. The number of pyridine rings is 1. The number of benzene rings is 2. The van der Waals surface area contributed by atoms with Gasteiger partial charge in [-0.1, -0.05) is 6.07 Å². The molecule has 230 valence electrons. The molecule has 0 saturated heterocycles. The van der Waals surface area contributed by atoms with Crippen LogP contribution < -0.4 is 20.5 Å². The van der Waals surface area contributed by atoms with Crippen molar-refractivity contribution in [2.75, 3.05) is 20.3 Å². The van der Waals surface area contributed by atoms with Crippen molar-refractivity contribution in [3.63, 3.8) is 0 Å². The molecule has 0 bridgehead atoms. The number of primary amides is 1. The smallest absolute Gasteiger partial charge is 0.252 e. The number of halogens is 3. The van der Waals surface area contributed by atoms with Gasteiger partial charge >= 0.3 is 0 Å². The predicted octanol–water partition coefficient (Wildman–Crippen LogP) is 4.95. The minimum Gasteiger partial charge on any atom is -0.494 e. The van der Waals surface area contributed by atoms with Crippen LogP contribution in [0.5, 0.6) is 11.5 Å². The number of hydrogen-bond acceptors (Lipinski definition) is 7. The van der Waals surface area contributed by atoms with Crippen LogP contribution in [-0.4, -0.2) is 51.9 Å². The largest absolute Gasteiger partial charge is 0.494 e. The third-order valence-electron chi connectivity index (χ3n) is 8.08. The molecule has 4 aromatic rings. The summed E-state index contributed by atoms with van der Waals surface area (Å²) in [6, 6.07) is 9.02. The summed E-state index contributed by atoms with van der Waals surface area (Å²) in [5, 5.41) is 19.7. The number of carbonyl (C=O) groups excluding carboxylic acids is 2. The SMILES string of the molecule is CCOc1c(C(N)=O)cc([C@@](O)(CNC(=O)c2cc(OC)c3nn(C4(F)CC4)cc3c2)C2CC2)nc1-c1cccc(Br)c1F. The topological polar surface area (TPSA) is 142 Å². The predicted molar refractivity (Wildman–Crippen MR) is 161 cm³/mol. The average Bonchev–Trinajstić information content (AvgIpc) is 3.95. The van der Waals surface area contributed by atoms with Crippen molar-refractivity contribution in [2.24, 2.45) is 11.7 Å². The molecule has 0 unspecified atom stereocenters.